The number of likely N-dealkylation sites (tertiary alicyclic amines) is 1. The summed E-state index contributed by atoms with van der Waals surface area (Å²) in [6, 6.07) is 7.05. The van der Waals surface area contributed by atoms with Crippen LogP contribution in [-0.4, -0.2) is 54.6 Å². The Morgan fingerprint density at radius 3 is 2.64 bits per heavy atom. The summed E-state index contributed by atoms with van der Waals surface area (Å²) >= 11 is 0. The third-order valence-electron chi connectivity index (χ3n) is 5.72. The molecule has 2 aromatic rings. The van der Waals surface area contributed by atoms with E-state index in [2.05, 4.69) is 4.90 Å². The average molecular weight is 396 g/mol. The summed E-state index contributed by atoms with van der Waals surface area (Å²) < 4.78 is 51.3. The Bertz CT molecular complexity index is 776. The van der Waals surface area contributed by atoms with Gasteiger partial charge in [0.2, 0.25) is 0 Å². The molecule has 0 aliphatic carbocycles. The number of aromatic nitrogens is 1. The summed E-state index contributed by atoms with van der Waals surface area (Å²) in [5.41, 5.74) is 0.560. The Morgan fingerprint density at radius 1 is 1.11 bits per heavy atom. The quantitative estimate of drug-likeness (QED) is 0.746. The highest BCUT2D eigenvalue weighted by molar-refractivity contribution is 5.86. The maximum atomic E-state index is 12.8. The van der Waals surface area contributed by atoms with Crippen LogP contribution in [-0.2, 0) is 11.3 Å². The minimum absolute atomic E-state index is 0.107. The summed E-state index contributed by atoms with van der Waals surface area (Å²) in [7, 11) is 0. The molecule has 0 spiro atoms. The molecule has 4 rings (SSSR count). The van der Waals surface area contributed by atoms with Crippen LogP contribution in [0.15, 0.2) is 30.5 Å². The van der Waals surface area contributed by atoms with E-state index in [0.717, 1.165) is 57.5 Å². The number of fused-ring (bicyclic) bond motifs is 1. The normalized spacial score (nSPS) is 22.6. The van der Waals surface area contributed by atoms with Crippen molar-refractivity contribution in [3.63, 3.8) is 0 Å². The predicted octanol–water partition coefficient (Wildman–Crippen LogP) is 4.47. The lowest BCUT2D eigenvalue weighted by molar-refractivity contribution is -0.139. The van der Waals surface area contributed by atoms with Gasteiger partial charge in [0.05, 0.1) is 12.1 Å². The number of alkyl halides is 3. The van der Waals surface area contributed by atoms with Gasteiger partial charge in [-0.2, -0.15) is 13.2 Å². The van der Waals surface area contributed by atoms with Crippen LogP contribution in [0.2, 0.25) is 0 Å². The SMILES string of the molecule is FC(F)(F)Cn1ccc2c(OC3CCN(CC4CCCOC4)CC3)cccc21. The summed E-state index contributed by atoms with van der Waals surface area (Å²) in [4.78, 5) is 2.49. The number of rotatable bonds is 5. The molecule has 0 radical (unpaired) electrons. The van der Waals surface area contributed by atoms with Crippen LogP contribution in [0.3, 0.4) is 0 Å². The van der Waals surface area contributed by atoms with E-state index in [1.807, 2.05) is 6.07 Å². The van der Waals surface area contributed by atoms with Gasteiger partial charge in [-0.05, 0) is 49.8 Å². The maximum Gasteiger partial charge on any atom is 0.406 e. The second-order valence-corrected chi connectivity index (χ2v) is 7.95. The first-order valence-electron chi connectivity index (χ1n) is 10.1. The van der Waals surface area contributed by atoms with Crippen molar-refractivity contribution in [3.05, 3.63) is 30.5 Å². The summed E-state index contributed by atoms with van der Waals surface area (Å²) in [5, 5.41) is 0.744. The van der Waals surface area contributed by atoms with E-state index < -0.39 is 12.7 Å². The highest BCUT2D eigenvalue weighted by atomic mass is 19.4. The lowest BCUT2D eigenvalue weighted by Crippen LogP contribution is -2.42. The molecule has 2 saturated heterocycles. The molecule has 3 heterocycles. The summed E-state index contributed by atoms with van der Waals surface area (Å²) in [6.07, 6.45) is 1.63. The molecule has 0 saturated carbocycles. The Balaban J connectivity index is 1.35. The van der Waals surface area contributed by atoms with E-state index in [1.54, 1.807) is 18.2 Å². The molecule has 154 valence electrons. The van der Waals surface area contributed by atoms with E-state index in [1.165, 1.54) is 17.2 Å². The van der Waals surface area contributed by atoms with Gasteiger partial charge in [-0.1, -0.05) is 6.07 Å². The van der Waals surface area contributed by atoms with Crippen LogP contribution in [0.4, 0.5) is 13.2 Å². The summed E-state index contributed by atoms with van der Waals surface area (Å²) in [6.45, 7) is 3.85. The Labute approximate surface area is 163 Å². The molecule has 0 bridgehead atoms. The highest BCUT2D eigenvalue weighted by Gasteiger charge is 2.29. The second-order valence-electron chi connectivity index (χ2n) is 7.95. The van der Waals surface area contributed by atoms with Crippen LogP contribution < -0.4 is 4.74 Å². The van der Waals surface area contributed by atoms with Crippen LogP contribution in [0.5, 0.6) is 5.75 Å². The van der Waals surface area contributed by atoms with Crippen molar-refractivity contribution in [2.75, 3.05) is 32.8 Å². The van der Waals surface area contributed by atoms with Gasteiger partial charge >= 0.3 is 6.18 Å². The van der Waals surface area contributed by atoms with Gasteiger partial charge in [0, 0.05) is 37.8 Å². The van der Waals surface area contributed by atoms with Crippen LogP contribution >= 0.6 is 0 Å². The third kappa shape index (κ3) is 4.81. The zero-order valence-corrected chi connectivity index (χ0v) is 16.0. The van der Waals surface area contributed by atoms with Crippen molar-refractivity contribution < 1.29 is 22.6 Å². The van der Waals surface area contributed by atoms with Gasteiger partial charge in [-0.15, -0.1) is 0 Å². The van der Waals surface area contributed by atoms with E-state index in [4.69, 9.17) is 9.47 Å². The van der Waals surface area contributed by atoms with Gasteiger partial charge in [-0.25, -0.2) is 0 Å². The van der Waals surface area contributed by atoms with Gasteiger partial charge in [-0.3, -0.25) is 0 Å². The number of hydrogen-bond donors (Lipinski definition) is 0. The minimum Gasteiger partial charge on any atom is -0.490 e. The van der Waals surface area contributed by atoms with Crippen LogP contribution in [0, 0.1) is 5.92 Å². The lowest BCUT2D eigenvalue weighted by atomic mass is 9.99. The van der Waals surface area contributed by atoms with Gasteiger partial charge < -0.3 is 18.9 Å². The van der Waals surface area contributed by atoms with Crippen molar-refractivity contribution in [3.8, 4) is 5.75 Å². The largest absolute Gasteiger partial charge is 0.490 e. The molecule has 2 aliphatic heterocycles. The van der Waals surface area contributed by atoms with E-state index in [9.17, 15) is 13.2 Å². The first-order valence-corrected chi connectivity index (χ1v) is 10.1. The number of hydrogen-bond acceptors (Lipinski definition) is 3. The topological polar surface area (TPSA) is 26.6 Å². The fourth-order valence-corrected chi connectivity index (χ4v) is 4.33. The molecule has 4 nitrogen and oxygen atoms in total. The number of halogens is 3. The molecule has 1 aromatic carbocycles. The van der Waals surface area contributed by atoms with Gasteiger partial charge in [0.1, 0.15) is 18.4 Å². The lowest BCUT2D eigenvalue weighted by Gasteiger charge is -2.35. The maximum absolute atomic E-state index is 12.8. The van der Waals surface area contributed by atoms with Crippen LogP contribution in [0.1, 0.15) is 25.7 Å². The zero-order chi connectivity index (χ0) is 19.6. The predicted molar refractivity (Wildman–Crippen MR) is 102 cm³/mol. The molecule has 7 heteroatoms. The molecule has 28 heavy (non-hydrogen) atoms. The highest BCUT2D eigenvalue weighted by Crippen LogP contribution is 2.31. The van der Waals surface area contributed by atoms with Gasteiger partial charge in [0.25, 0.3) is 0 Å². The van der Waals surface area contributed by atoms with Crippen LogP contribution in [0.25, 0.3) is 10.9 Å². The standard InChI is InChI=1S/C21H27F3N2O2/c22-21(23,24)15-26-11-8-18-19(26)4-1-5-20(18)28-17-6-9-25(10-7-17)13-16-3-2-12-27-14-16/h1,4-5,8,11,16-17H,2-3,6-7,9-10,12-15H2. The first-order chi connectivity index (χ1) is 13.5. The monoisotopic (exact) mass is 396 g/mol. The Hall–Kier alpha value is -1.73. The molecule has 2 fully saturated rings. The van der Waals surface area contributed by atoms with Crippen molar-refractivity contribution in [1.82, 2.24) is 9.47 Å². The van der Waals surface area contributed by atoms with Crippen molar-refractivity contribution in [1.29, 1.82) is 0 Å². The van der Waals surface area contributed by atoms with E-state index in [-0.39, 0.29) is 6.10 Å². The van der Waals surface area contributed by atoms with Crippen molar-refractivity contribution >= 4 is 10.9 Å². The zero-order valence-electron chi connectivity index (χ0n) is 16.0. The molecule has 1 atom stereocenters. The van der Waals surface area contributed by atoms with Crippen molar-refractivity contribution in [2.45, 2.75) is 44.5 Å². The summed E-state index contributed by atoms with van der Waals surface area (Å²) in [5.74, 6) is 1.31. The molecular weight excluding hydrogens is 369 g/mol. The number of ether oxygens (including phenoxy) is 2. The molecular formula is C21H27F3N2O2. The fraction of sp³-hybridized carbons (Fsp3) is 0.619. The fourth-order valence-electron chi connectivity index (χ4n) is 4.33. The average Bonchev–Trinajstić information content (AvgIpc) is 3.06. The third-order valence-corrected chi connectivity index (χ3v) is 5.72. The molecule has 0 N–H and O–H groups in total. The Morgan fingerprint density at radius 2 is 1.93 bits per heavy atom. The Kier molecular flexibility index (Phi) is 5.83. The number of piperidine rings is 1. The number of nitrogens with zero attached hydrogens (tertiary/aromatic N) is 2. The first kappa shape index (κ1) is 19.6. The molecule has 1 aromatic heterocycles. The molecule has 1 unspecified atom stereocenters. The number of benzene rings is 1. The van der Waals surface area contributed by atoms with E-state index >= 15 is 0 Å². The molecule has 0 amide bonds. The van der Waals surface area contributed by atoms with Crippen molar-refractivity contribution in [2.24, 2.45) is 5.92 Å². The molecule has 2 aliphatic rings. The van der Waals surface area contributed by atoms with E-state index in [0.29, 0.717) is 17.2 Å². The second kappa shape index (κ2) is 8.33. The minimum atomic E-state index is -4.24. The van der Waals surface area contributed by atoms with Gasteiger partial charge in [0.15, 0.2) is 0 Å². The smallest absolute Gasteiger partial charge is 0.406 e.